The minimum atomic E-state index is -1.02. The van der Waals surface area contributed by atoms with Crippen LogP contribution in [-0.2, 0) is 11.3 Å². The number of nitrogens with one attached hydrogen (secondary N) is 1. The molecule has 0 saturated carbocycles. The van der Waals surface area contributed by atoms with Crippen molar-refractivity contribution in [2.24, 2.45) is 0 Å². The Morgan fingerprint density at radius 2 is 1.67 bits per heavy atom. The number of ether oxygens (including phenoxy) is 1. The minimum Gasteiger partial charge on any atom is -0.478 e. The number of para-hydroxylation sites is 1. The van der Waals surface area contributed by atoms with Gasteiger partial charge in [-0.25, -0.2) is 4.79 Å². The van der Waals surface area contributed by atoms with E-state index in [4.69, 9.17) is 9.84 Å². The van der Waals surface area contributed by atoms with Crippen LogP contribution >= 0.6 is 0 Å². The van der Waals surface area contributed by atoms with Gasteiger partial charge in [0.25, 0.3) is 5.91 Å². The number of methoxy groups -OCH3 is 1. The number of carboxylic acids is 1. The molecule has 0 aromatic heterocycles. The SMILES string of the molecule is COCc1ccccc1NC(=O)c1ccc(C(=O)O)cc1. The number of benzene rings is 2. The number of hydrogen-bond acceptors (Lipinski definition) is 3. The van der Waals surface area contributed by atoms with E-state index >= 15 is 0 Å². The first-order chi connectivity index (χ1) is 10.1. The van der Waals surface area contributed by atoms with Gasteiger partial charge in [0.05, 0.1) is 12.2 Å². The van der Waals surface area contributed by atoms with Gasteiger partial charge in [-0.1, -0.05) is 18.2 Å². The number of aromatic carboxylic acids is 1. The average Bonchev–Trinajstić information content (AvgIpc) is 2.49. The second-order valence-corrected chi connectivity index (χ2v) is 4.43. The van der Waals surface area contributed by atoms with E-state index in [1.54, 1.807) is 13.2 Å². The predicted molar refractivity (Wildman–Crippen MR) is 78.5 cm³/mol. The smallest absolute Gasteiger partial charge is 0.335 e. The van der Waals surface area contributed by atoms with Crippen molar-refractivity contribution in [3.05, 3.63) is 65.2 Å². The van der Waals surface area contributed by atoms with Gasteiger partial charge in [0, 0.05) is 23.9 Å². The summed E-state index contributed by atoms with van der Waals surface area (Å²) in [5.74, 6) is -1.32. The number of hydrogen-bond donors (Lipinski definition) is 2. The van der Waals surface area contributed by atoms with Crippen molar-refractivity contribution in [2.75, 3.05) is 12.4 Å². The van der Waals surface area contributed by atoms with Crippen molar-refractivity contribution >= 4 is 17.6 Å². The average molecular weight is 285 g/mol. The van der Waals surface area contributed by atoms with Crippen LogP contribution in [0.2, 0.25) is 0 Å². The van der Waals surface area contributed by atoms with Gasteiger partial charge >= 0.3 is 5.97 Å². The molecule has 0 aliphatic rings. The highest BCUT2D eigenvalue weighted by atomic mass is 16.5. The highest BCUT2D eigenvalue weighted by molar-refractivity contribution is 6.05. The molecule has 0 atom stereocenters. The summed E-state index contributed by atoms with van der Waals surface area (Å²) >= 11 is 0. The Hall–Kier alpha value is -2.66. The van der Waals surface area contributed by atoms with Gasteiger partial charge in [-0.15, -0.1) is 0 Å². The zero-order valence-electron chi connectivity index (χ0n) is 11.5. The summed E-state index contributed by atoms with van der Waals surface area (Å²) in [7, 11) is 1.59. The lowest BCUT2D eigenvalue weighted by Crippen LogP contribution is -2.13. The van der Waals surface area contributed by atoms with Gasteiger partial charge in [-0.2, -0.15) is 0 Å². The summed E-state index contributed by atoms with van der Waals surface area (Å²) in [5.41, 5.74) is 2.08. The lowest BCUT2D eigenvalue weighted by molar-refractivity contribution is 0.0696. The Kier molecular flexibility index (Phi) is 4.68. The summed E-state index contributed by atoms with van der Waals surface area (Å²) in [6, 6.07) is 13.1. The number of carbonyl (C=O) groups excluding carboxylic acids is 1. The van der Waals surface area contributed by atoms with Crippen LogP contribution in [-0.4, -0.2) is 24.1 Å². The third-order valence-corrected chi connectivity index (χ3v) is 2.96. The molecule has 21 heavy (non-hydrogen) atoms. The number of amides is 1. The molecule has 2 rings (SSSR count). The molecule has 0 aliphatic carbocycles. The van der Waals surface area contributed by atoms with Crippen molar-refractivity contribution in [1.82, 2.24) is 0 Å². The van der Waals surface area contributed by atoms with E-state index < -0.39 is 5.97 Å². The molecular formula is C16H15NO4. The van der Waals surface area contributed by atoms with Gasteiger partial charge in [0.1, 0.15) is 0 Å². The monoisotopic (exact) mass is 285 g/mol. The molecular weight excluding hydrogens is 270 g/mol. The number of rotatable bonds is 5. The Labute approximate surface area is 122 Å². The lowest BCUT2D eigenvalue weighted by Gasteiger charge is -2.10. The summed E-state index contributed by atoms with van der Waals surface area (Å²) in [6.07, 6.45) is 0. The van der Waals surface area contributed by atoms with Crippen LogP contribution in [0.25, 0.3) is 0 Å². The van der Waals surface area contributed by atoms with Gasteiger partial charge < -0.3 is 15.2 Å². The van der Waals surface area contributed by atoms with Crippen molar-refractivity contribution in [3.8, 4) is 0 Å². The predicted octanol–water partition coefficient (Wildman–Crippen LogP) is 2.78. The highest BCUT2D eigenvalue weighted by Crippen LogP contribution is 2.17. The number of anilines is 1. The lowest BCUT2D eigenvalue weighted by atomic mass is 10.1. The van der Waals surface area contributed by atoms with Crippen LogP contribution < -0.4 is 5.32 Å². The molecule has 0 unspecified atom stereocenters. The van der Waals surface area contributed by atoms with Crippen LogP contribution in [0.1, 0.15) is 26.3 Å². The molecule has 0 heterocycles. The molecule has 5 nitrogen and oxygen atoms in total. The Morgan fingerprint density at radius 1 is 1.05 bits per heavy atom. The molecule has 0 saturated heterocycles. The van der Waals surface area contributed by atoms with E-state index in [0.29, 0.717) is 17.9 Å². The van der Waals surface area contributed by atoms with E-state index in [1.165, 1.54) is 24.3 Å². The summed E-state index contributed by atoms with van der Waals surface area (Å²) in [5, 5.41) is 11.6. The van der Waals surface area contributed by atoms with Crippen molar-refractivity contribution < 1.29 is 19.4 Å². The van der Waals surface area contributed by atoms with E-state index in [-0.39, 0.29) is 11.5 Å². The molecule has 2 aromatic carbocycles. The maximum absolute atomic E-state index is 12.2. The van der Waals surface area contributed by atoms with Gasteiger partial charge in [-0.3, -0.25) is 4.79 Å². The van der Waals surface area contributed by atoms with E-state index in [1.807, 2.05) is 18.2 Å². The topological polar surface area (TPSA) is 75.6 Å². The van der Waals surface area contributed by atoms with Crippen molar-refractivity contribution in [1.29, 1.82) is 0 Å². The Bertz CT molecular complexity index is 650. The third-order valence-electron chi connectivity index (χ3n) is 2.96. The van der Waals surface area contributed by atoms with Crippen LogP contribution in [0.5, 0.6) is 0 Å². The first kappa shape index (κ1) is 14.7. The van der Waals surface area contributed by atoms with Crippen LogP contribution in [0.3, 0.4) is 0 Å². The van der Waals surface area contributed by atoms with Crippen LogP contribution in [0.15, 0.2) is 48.5 Å². The minimum absolute atomic E-state index is 0.145. The van der Waals surface area contributed by atoms with Gasteiger partial charge in [0.2, 0.25) is 0 Å². The molecule has 108 valence electrons. The molecule has 2 N–H and O–H groups in total. The van der Waals surface area contributed by atoms with Crippen LogP contribution in [0.4, 0.5) is 5.69 Å². The van der Waals surface area contributed by atoms with Crippen molar-refractivity contribution in [2.45, 2.75) is 6.61 Å². The fourth-order valence-electron chi connectivity index (χ4n) is 1.88. The molecule has 0 fully saturated rings. The summed E-state index contributed by atoms with van der Waals surface area (Å²) in [6.45, 7) is 0.397. The molecule has 0 bridgehead atoms. The largest absolute Gasteiger partial charge is 0.478 e. The van der Waals surface area contributed by atoms with E-state index in [2.05, 4.69) is 5.32 Å². The number of carbonyl (C=O) groups is 2. The second-order valence-electron chi connectivity index (χ2n) is 4.43. The maximum Gasteiger partial charge on any atom is 0.335 e. The zero-order valence-corrected chi connectivity index (χ0v) is 11.5. The second kappa shape index (κ2) is 6.67. The molecule has 5 heteroatoms. The van der Waals surface area contributed by atoms with Gasteiger partial charge in [0.15, 0.2) is 0 Å². The van der Waals surface area contributed by atoms with Gasteiger partial charge in [-0.05, 0) is 30.3 Å². The van der Waals surface area contributed by atoms with E-state index in [0.717, 1.165) is 5.56 Å². The number of carboxylic acid groups (broad SMARTS) is 1. The maximum atomic E-state index is 12.2. The first-order valence-electron chi connectivity index (χ1n) is 6.33. The van der Waals surface area contributed by atoms with Crippen molar-refractivity contribution in [3.63, 3.8) is 0 Å². The molecule has 0 spiro atoms. The summed E-state index contributed by atoms with van der Waals surface area (Å²) in [4.78, 5) is 22.9. The molecule has 0 radical (unpaired) electrons. The van der Waals surface area contributed by atoms with Crippen LogP contribution in [0, 0.1) is 0 Å². The molecule has 2 aromatic rings. The summed E-state index contributed by atoms with van der Waals surface area (Å²) < 4.78 is 5.08. The Morgan fingerprint density at radius 3 is 2.29 bits per heavy atom. The third kappa shape index (κ3) is 3.67. The quantitative estimate of drug-likeness (QED) is 0.885. The molecule has 0 aliphatic heterocycles. The fraction of sp³-hybridized carbons (Fsp3) is 0.125. The normalized spacial score (nSPS) is 10.1. The fourth-order valence-corrected chi connectivity index (χ4v) is 1.88. The van der Waals surface area contributed by atoms with E-state index in [9.17, 15) is 9.59 Å². The first-order valence-corrected chi connectivity index (χ1v) is 6.33. The zero-order chi connectivity index (χ0) is 15.2. The highest BCUT2D eigenvalue weighted by Gasteiger charge is 2.10. The molecule has 1 amide bonds. The Balaban J connectivity index is 2.16. The standard InChI is InChI=1S/C16H15NO4/c1-21-10-13-4-2-3-5-14(13)17-15(18)11-6-8-12(9-7-11)16(19)20/h2-9H,10H2,1H3,(H,17,18)(H,19,20).